The van der Waals surface area contributed by atoms with Crippen LogP contribution in [0.3, 0.4) is 0 Å². The van der Waals surface area contributed by atoms with Gasteiger partial charge in [0.15, 0.2) is 6.61 Å². The van der Waals surface area contributed by atoms with E-state index in [-0.39, 0.29) is 18.3 Å². The van der Waals surface area contributed by atoms with E-state index in [2.05, 4.69) is 12.2 Å². The number of anilines is 1. The Morgan fingerprint density at radius 2 is 1.79 bits per heavy atom. The molecular weight excluding hydrogens is 302 g/mol. The molecule has 1 N–H and O–H groups in total. The van der Waals surface area contributed by atoms with Gasteiger partial charge >= 0.3 is 0 Å². The van der Waals surface area contributed by atoms with E-state index in [0.717, 1.165) is 24.1 Å². The van der Waals surface area contributed by atoms with Crippen molar-refractivity contribution in [2.75, 3.05) is 11.9 Å². The van der Waals surface area contributed by atoms with Crippen molar-refractivity contribution in [2.24, 2.45) is 0 Å². The average molecular weight is 325 g/mol. The summed E-state index contributed by atoms with van der Waals surface area (Å²) in [5.74, 6) is 0.627. The van der Waals surface area contributed by atoms with E-state index < -0.39 is 0 Å². The minimum atomic E-state index is -0.191. The lowest BCUT2D eigenvalue weighted by Gasteiger charge is -2.09. The summed E-state index contributed by atoms with van der Waals surface area (Å²) in [6.07, 6.45) is 2.19. The Kier molecular flexibility index (Phi) is 6.55. The van der Waals surface area contributed by atoms with Crippen molar-refractivity contribution in [3.8, 4) is 5.75 Å². The first kappa shape index (κ1) is 17.7. The molecule has 0 aliphatic carbocycles. The largest absolute Gasteiger partial charge is 0.484 e. The number of amides is 1. The number of aryl methyl sites for hydroxylation is 2. The Hall–Kier alpha value is -2.62. The van der Waals surface area contributed by atoms with Crippen LogP contribution in [0.4, 0.5) is 5.69 Å². The lowest BCUT2D eigenvalue weighted by atomic mass is 10.1. The zero-order valence-electron chi connectivity index (χ0n) is 14.2. The van der Waals surface area contributed by atoms with Crippen LogP contribution in [0.2, 0.25) is 0 Å². The number of rotatable bonds is 8. The highest BCUT2D eigenvalue weighted by Crippen LogP contribution is 2.14. The van der Waals surface area contributed by atoms with Crippen LogP contribution in [-0.4, -0.2) is 18.3 Å². The van der Waals surface area contributed by atoms with Crippen LogP contribution >= 0.6 is 0 Å². The van der Waals surface area contributed by atoms with Crippen molar-refractivity contribution in [3.05, 3.63) is 59.7 Å². The Morgan fingerprint density at radius 3 is 2.46 bits per heavy atom. The normalized spacial score (nSPS) is 10.2. The van der Waals surface area contributed by atoms with Crippen LogP contribution in [0.5, 0.6) is 5.75 Å². The van der Waals surface area contributed by atoms with Gasteiger partial charge in [-0.2, -0.15) is 0 Å². The predicted octanol–water partition coefficient (Wildman–Crippen LogP) is 3.79. The SMILES string of the molecule is CCc1cccc(NC(=O)COc2ccc(CCC(C)=O)cc2)c1. The minimum Gasteiger partial charge on any atom is -0.484 e. The van der Waals surface area contributed by atoms with Crippen molar-refractivity contribution in [1.82, 2.24) is 0 Å². The molecule has 0 aliphatic rings. The summed E-state index contributed by atoms with van der Waals surface area (Å²) < 4.78 is 5.50. The molecule has 2 aromatic rings. The molecule has 0 aliphatic heterocycles. The number of nitrogens with one attached hydrogen (secondary N) is 1. The van der Waals surface area contributed by atoms with Gasteiger partial charge in [-0.1, -0.05) is 31.2 Å². The van der Waals surface area contributed by atoms with Gasteiger partial charge in [0, 0.05) is 12.1 Å². The Labute approximate surface area is 142 Å². The third-order valence-corrected chi connectivity index (χ3v) is 3.68. The van der Waals surface area contributed by atoms with Gasteiger partial charge in [-0.25, -0.2) is 0 Å². The summed E-state index contributed by atoms with van der Waals surface area (Å²) in [5.41, 5.74) is 3.04. The van der Waals surface area contributed by atoms with Crippen molar-refractivity contribution in [1.29, 1.82) is 0 Å². The number of benzene rings is 2. The van der Waals surface area contributed by atoms with E-state index in [1.807, 2.05) is 48.5 Å². The molecule has 1 amide bonds. The van der Waals surface area contributed by atoms with E-state index in [1.165, 1.54) is 5.56 Å². The molecule has 0 heterocycles. The summed E-state index contributed by atoms with van der Waals surface area (Å²) in [7, 11) is 0. The number of hydrogen-bond donors (Lipinski definition) is 1. The van der Waals surface area contributed by atoms with Crippen molar-refractivity contribution >= 4 is 17.4 Å². The molecule has 24 heavy (non-hydrogen) atoms. The second-order valence-electron chi connectivity index (χ2n) is 5.74. The molecule has 0 bridgehead atoms. The zero-order valence-corrected chi connectivity index (χ0v) is 14.2. The first-order chi connectivity index (χ1) is 11.6. The monoisotopic (exact) mass is 325 g/mol. The van der Waals surface area contributed by atoms with Crippen LogP contribution in [0, 0.1) is 0 Å². The fraction of sp³-hybridized carbons (Fsp3) is 0.300. The summed E-state index contributed by atoms with van der Waals surface area (Å²) >= 11 is 0. The molecule has 0 saturated heterocycles. The van der Waals surface area contributed by atoms with Gasteiger partial charge in [-0.05, 0) is 55.2 Å². The highest BCUT2D eigenvalue weighted by molar-refractivity contribution is 5.91. The van der Waals surface area contributed by atoms with Gasteiger partial charge in [-0.15, -0.1) is 0 Å². The van der Waals surface area contributed by atoms with Gasteiger partial charge in [0.1, 0.15) is 11.5 Å². The second kappa shape index (κ2) is 8.87. The lowest BCUT2D eigenvalue weighted by Crippen LogP contribution is -2.20. The summed E-state index contributed by atoms with van der Waals surface area (Å²) in [6, 6.07) is 15.3. The molecule has 0 spiro atoms. The van der Waals surface area contributed by atoms with Gasteiger partial charge in [0.05, 0.1) is 0 Å². The Morgan fingerprint density at radius 1 is 1.04 bits per heavy atom. The van der Waals surface area contributed by atoms with Gasteiger partial charge in [-0.3, -0.25) is 4.79 Å². The fourth-order valence-corrected chi connectivity index (χ4v) is 2.29. The summed E-state index contributed by atoms with van der Waals surface area (Å²) in [6.45, 7) is 3.62. The Balaban J connectivity index is 1.81. The molecule has 4 heteroatoms. The zero-order chi connectivity index (χ0) is 17.4. The molecule has 126 valence electrons. The molecule has 0 fully saturated rings. The first-order valence-corrected chi connectivity index (χ1v) is 8.17. The molecule has 0 atom stereocenters. The van der Waals surface area contributed by atoms with Crippen molar-refractivity contribution in [2.45, 2.75) is 33.1 Å². The Bertz CT molecular complexity index is 692. The molecule has 0 radical (unpaired) electrons. The smallest absolute Gasteiger partial charge is 0.262 e. The predicted molar refractivity (Wildman–Crippen MR) is 95.4 cm³/mol. The summed E-state index contributed by atoms with van der Waals surface area (Å²) in [4.78, 5) is 22.9. The summed E-state index contributed by atoms with van der Waals surface area (Å²) in [5, 5.41) is 2.83. The van der Waals surface area contributed by atoms with E-state index in [4.69, 9.17) is 4.74 Å². The van der Waals surface area contributed by atoms with Crippen LogP contribution in [-0.2, 0) is 22.4 Å². The number of carbonyl (C=O) groups is 2. The van der Waals surface area contributed by atoms with Crippen LogP contribution in [0.25, 0.3) is 0 Å². The third-order valence-electron chi connectivity index (χ3n) is 3.68. The lowest BCUT2D eigenvalue weighted by molar-refractivity contribution is -0.118. The van der Waals surface area contributed by atoms with Crippen LogP contribution < -0.4 is 10.1 Å². The van der Waals surface area contributed by atoms with E-state index >= 15 is 0 Å². The second-order valence-corrected chi connectivity index (χ2v) is 5.74. The maximum absolute atomic E-state index is 12.0. The number of hydrogen-bond acceptors (Lipinski definition) is 3. The van der Waals surface area contributed by atoms with Gasteiger partial charge in [0.25, 0.3) is 5.91 Å². The maximum Gasteiger partial charge on any atom is 0.262 e. The molecule has 4 nitrogen and oxygen atoms in total. The van der Waals surface area contributed by atoms with E-state index in [1.54, 1.807) is 6.92 Å². The van der Waals surface area contributed by atoms with Gasteiger partial charge < -0.3 is 14.8 Å². The highest BCUT2D eigenvalue weighted by Gasteiger charge is 2.05. The van der Waals surface area contributed by atoms with Crippen LogP contribution in [0.1, 0.15) is 31.4 Å². The average Bonchev–Trinajstić information content (AvgIpc) is 2.59. The quantitative estimate of drug-likeness (QED) is 0.803. The topological polar surface area (TPSA) is 55.4 Å². The molecule has 0 saturated carbocycles. The van der Waals surface area contributed by atoms with E-state index in [0.29, 0.717) is 12.2 Å². The highest BCUT2D eigenvalue weighted by atomic mass is 16.5. The van der Waals surface area contributed by atoms with Crippen LogP contribution in [0.15, 0.2) is 48.5 Å². The van der Waals surface area contributed by atoms with Crippen molar-refractivity contribution < 1.29 is 14.3 Å². The number of ether oxygens (including phenoxy) is 1. The fourth-order valence-electron chi connectivity index (χ4n) is 2.29. The first-order valence-electron chi connectivity index (χ1n) is 8.17. The number of Topliss-reactive ketones (excluding diaryl/α,β-unsaturated/α-hetero) is 1. The molecular formula is C20H23NO3. The van der Waals surface area contributed by atoms with E-state index in [9.17, 15) is 9.59 Å². The van der Waals surface area contributed by atoms with Gasteiger partial charge in [0.2, 0.25) is 0 Å². The maximum atomic E-state index is 12.0. The standard InChI is InChI=1S/C20H23NO3/c1-3-16-5-4-6-18(13-16)21-20(23)14-24-19-11-9-17(10-12-19)8-7-15(2)22/h4-6,9-13H,3,7-8,14H2,1-2H3,(H,21,23). The molecule has 0 unspecified atom stereocenters. The molecule has 0 aromatic heterocycles. The third kappa shape index (κ3) is 5.88. The minimum absolute atomic E-state index is 0.0385. The number of carbonyl (C=O) groups excluding carboxylic acids is 2. The molecule has 2 aromatic carbocycles. The van der Waals surface area contributed by atoms with Crippen molar-refractivity contribution in [3.63, 3.8) is 0 Å². The molecule has 2 rings (SSSR count). The number of ketones is 1.